The summed E-state index contributed by atoms with van der Waals surface area (Å²) in [7, 11) is 0. The summed E-state index contributed by atoms with van der Waals surface area (Å²) in [6.45, 7) is 4.15. The predicted octanol–water partition coefficient (Wildman–Crippen LogP) is 3.93. The van der Waals surface area contributed by atoms with E-state index in [-0.39, 0.29) is 0 Å². The predicted molar refractivity (Wildman–Crippen MR) is 75.5 cm³/mol. The molecule has 0 heterocycles. The molecule has 0 aromatic heterocycles. The van der Waals surface area contributed by atoms with E-state index in [0.29, 0.717) is 0 Å². The van der Waals surface area contributed by atoms with Crippen LogP contribution in [0.3, 0.4) is 0 Å². The van der Waals surface area contributed by atoms with Crippen LogP contribution in [0.1, 0.15) is 22.3 Å². The van der Waals surface area contributed by atoms with E-state index in [0.717, 1.165) is 23.0 Å². The van der Waals surface area contributed by atoms with E-state index in [1.807, 2.05) is 36.4 Å². The quantitative estimate of drug-likeness (QED) is 0.583. The summed E-state index contributed by atoms with van der Waals surface area (Å²) >= 11 is 0. The molecule has 0 aliphatic rings. The largest absolute Gasteiger partial charge is 0.299 e. The van der Waals surface area contributed by atoms with E-state index in [1.165, 1.54) is 11.1 Å². The Balaban J connectivity index is 2.64. The molecule has 2 aromatic carbocycles. The zero-order valence-corrected chi connectivity index (χ0v) is 10.7. The van der Waals surface area contributed by atoms with Gasteiger partial charge in [-0.05, 0) is 47.8 Å². The van der Waals surface area contributed by atoms with Gasteiger partial charge in [0.15, 0.2) is 0 Å². The zero-order valence-electron chi connectivity index (χ0n) is 10.7. The molecule has 1 heteroatoms. The molecule has 18 heavy (non-hydrogen) atoms. The molecule has 0 unspecified atom stereocenters. The van der Waals surface area contributed by atoms with Crippen LogP contribution in [0.2, 0.25) is 0 Å². The fourth-order valence-corrected chi connectivity index (χ4v) is 2.25. The van der Waals surface area contributed by atoms with Crippen LogP contribution in [0.25, 0.3) is 5.57 Å². The standard InChI is InChI=1S/C17H16O/c1-13-7-6-8-14(2)17(13)16(11-12-18)15-9-4-3-5-10-15/h3-12H,1-2H3/b16-11+. The number of aldehydes is 1. The highest BCUT2D eigenvalue weighted by Gasteiger charge is 2.09. The molecule has 0 fully saturated rings. The summed E-state index contributed by atoms with van der Waals surface area (Å²) in [6, 6.07) is 16.2. The van der Waals surface area contributed by atoms with Crippen molar-refractivity contribution >= 4 is 11.9 Å². The van der Waals surface area contributed by atoms with Crippen molar-refractivity contribution in [2.45, 2.75) is 13.8 Å². The average molecular weight is 236 g/mol. The van der Waals surface area contributed by atoms with Gasteiger partial charge < -0.3 is 0 Å². The maximum Gasteiger partial charge on any atom is 0.143 e. The first-order valence-corrected chi connectivity index (χ1v) is 6.01. The van der Waals surface area contributed by atoms with Gasteiger partial charge in [-0.1, -0.05) is 48.5 Å². The number of carbonyl (C=O) groups excluding carboxylic acids is 1. The van der Waals surface area contributed by atoms with Crippen LogP contribution in [-0.4, -0.2) is 6.29 Å². The van der Waals surface area contributed by atoms with Gasteiger partial charge in [-0.15, -0.1) is 0 Å². The minimum absolute atomic E-state index is 0.855. The Morgan fingerprint density at radius 1 is 0.889 bits per heavy atom. The molecule has 0 saturated carbocycles. The van der Waals surface area contributed by atoms with Crippen LogP contribution in [-0.2, 0) is 4.79 Å². The summed E-state index contributed by atoms with van der Waals surface area (Å²) in [4.78, 5) is 10.9. The van der Waals surface area contributed by atoms with Crippen LogP contribution >= 0.6 is 0 Å². The molecule has 0 saturated heterocycles. The van der Waals surface area contributed by atoms with Crippen molar-refractivity contribution in [3.63, 3.8) is 0 Å². The third kappa shape index (κ3) is 2.40. The third-order valence-corrected chi connectivity index (χ3v) is 3.07. The minimum atomic E-state index is 0.855. The van der Waals surface area contributed by atoms with Crippen LogP contribution in [0, 0.1) is 13.8 Å². The van der Waals surface area contributed by atoms with E-state index in [9.17, 15) is 4.79 Å². The lowest BCUT2D eigenvalue weighted by atomic mass is 9.91. The van der Waals surface area contributed by atoms with Crippen LogP contribution in [0.15, 0.2) is 54.6 Å². The normalized spacial score (nSPS) is 11.3. The van der Waals surface area contributed by atoms with Gasteiger partial charge in [0.2, 0.25) is 0 Å². The smallest absolute Gasteiger partial charge is 0.143 e. The number of benzene rings is 2. The van der Waals surface area contributed by atoms with Gasteiger partial charge in [0.25, 0.3) is 0 Å². The molecule has 2 rings (SSSR count). The molecule has 0 aliphatic carbocycles. The van der Waals surface area contributed by atoms with E-state index in [1.54, 1.807) is 6.08 Å². The van der Waals surface area contributed by atoms with Crippen molar-refractivity contribution < 1.29 is 4.79 Å². The van der Waals surface area contributed by atoms with Crippen molar-refractivity contribution in [1.29, 1.82) is 0 Å². The van der Waals surface area contributed by atoms with Crippen molar-refractivity contribution in [1.82, 2.24) is 0 Å². The van der Waals surface area contributed by atoms with Crippen molar-refractivity contribution in [2.75, 3.05) is 0 Å². The summed E-state index contributed by atoms with van der Waals surface area (Å²) in [5.74, 6) is 0. The summed E-state index contributed by atoms with van der Waals surface area (Å²) in [5.41, 5.74) is 5.58. The summed E-state index contributed by atoms with van der Waals surface area (Å²) in [6.07, 6.45) is 2.50. The Bertz CT molecular complexity index is 560. The number of rotatable bonds is 3. The molecule has 0 aliphatic heterocycles. The second kappa shape index (κ2) is 5.46. The molecular formula is C17H16O. The van der Waals surface area contributed by atoms with E-state index in [2.05, 4.69) is 26.0 Å². The molecule has 0 amide bonds. The fraction of sp³-hybridized carbons (Fsp3) is 0.118. The summed E-state index contributed by atoms with van der Waals surface area (Å²) in [5, 5.41) is 0. The zero-order chi connectivity index (χ0) is 13.0. The van der Waals surface area contributed by atoms with Gasteiger partial charge in [-0.2, -0.15) is 0 Å². The van der Waals surface area contributed by atoms with Gasteiger partial charge in [0.05, 0.1) is 0 Å². The Morgan fingerprint density at radius 3 is 2.06 bits per heavy atom. The number of aryl methyl sites for hydroxylation is 2. The molecule has 90 valence electrons. The lowest BCUT2D eigenvalue weighted by Gasteiger charge is -2.13. The molecule has 0 spiro atoms. The maximum absolute atomic E-state index is 10.9. The molecule has 2 aromatic rings. The van der Waals surface area contributed by atoms with Gasteiger partial charge in [-0.3, -0.25) is 4.79 Å². The summed E-state index contributed by atoms with van der Waals surface area (Å²) < 4.78 is 0. The topological polar surface area (TPSA) is 17.1 Å². The monoisotopic (exact) mass is 236 g/mol. The van der Waals surface area contributed by atoms with Crippen LogP contribution in [0.5, 0.6) is 0 Å². The Hall–Kier alpha value is -2.15. The van der Waals surface area contributed by atoms with Crippen molar-refractivity contribution in [3.05, 3.63) is 76.9 Å². The van der Waals surface area contributed by atoms with Gasteiger partial charge in [0.1, 0.15) is 6.29 Å². The molecule has 1 nitrogen and oxygen atoms in total. The SMILES string of the molecule is Cc1cccc(C)c1/C(=C/C=O)c1ccccc1. The lowest BCUT2D eigenvalue weighted by Crippen LogP contribution is -1.95. The van der Waals surface area contributed by atoms with E-state index < -0.39 is 0 Å². The highest BCUT2D eigenvalue weighted by Crippen LogP contribution is 2.28. The van der Waals surface area contributed by atoms with Crippen molar-refractivity contribution in [2.24, 2.45) is 0 Å². The maximum atomic E-state index is 10.9. The molecule has 0 atom stereocenters. The molecule has 0 radical (unpaired) electrons. The molecule has 0 bridgehead atoms. The lowest BCUT2D eigenvalue weighted by molar-refractivity contribution is -0.104. The second-order valence-electron chi connectivity index (χ2n) is 4.35. The fourth-order valence-electron chi connectivity index (χ4n) is 2.25. The number of hydrogen-bond donors (Lipinski definition) is 0. The number of hydrogen-bond acceptors (Lipinski definition) is 1. The second-order valence-corrected chi connectivity index (χ2v) is 4.35. The van der Waals surface area contributed by atoms with Gasteiger partial charge in [0, 0.05) is 0 Å². The first kappa shape index (κ1) is 12.3. The molecular weight excluding hydrogens is 220 g/mol. The Labute approximate surface area is 108 Å². The number of carbonyl (C=O) groups is 1. The minimum Gasteiger partial charge on any atom is -0.299 e. The van der Waals surface area contributed by atoms with Gasteiger partial charge >= 0.3 is 0 Å². The third-order valence-electron chi connectivity index (χ3n) is 3.07. The highest BCUT2D eigenvalue weighted by molar-refractivity contribution is 5.91. The van der Waals surface area contributed by atoms with Gasteiger partial charge in [-0.25, -0.2) is 0 Å². The average Bonchev–Trinajstić information content (AvgIpc) is 2.38. The van der Waals surface area contributed by atoms with E-state index >= 15 is 0 Å². The Morgan fingerprint density at radius 2 is 1.50 bits per heavy atom. The first-order valence-electron chi connectivity index (χ1n) is 6.01. The van der Waals surface area contributed by atoms with E-state index in [4.69, 9.17) is 0 Å². The highest BCUT2D eigenvalue weighted by atomic mass is 16.1. The van der Waals surface area contributed by atoms with Crippen LogP contribution < -0.4 is 0 Å². The van der Waals surface area contributed by atoms with Crippen LogP contribution in [0.4, 0.5) is 0 Å². The Kier molecular flexibility index (Phi) is 3.73. The number of allylic oxidation sites excluding steroid dienone is 1. The first-order chi connectivity index (χ1) is 8.74. The molecule has 0 N–H and O–H groups in total. The van der Waals surface area contributed by atoms with Crippen molar-refractivity contribution in [3.8, 4) is 0 Å².